The number of aryl methyl sites for hydroxylation is 1. The number of hydrogen-bond acceptors (Lipinski definition) is 2. The van der Waals surface area contributed by atoms with Gasteiger partial charge in [0.1, 0.15) is 0 Å². The number of carbonyl (C=O) groups is 1. The van der Waals surface area contributed by atoms with Crippen molar-refractivity contribution in [1.82, 2.24) is 4.90 Å². The first-order valence-corrected chi connectivity index (χ1v) is 10.7. The van der Waals surface area contributed by atoms with Crippen LogP contribution in [-0.2, 0) is 17.8 Å². The minimum atomic E-state index is -0.630. The van der Waals surface area contributed by atoms with Crippen LogP contribution in [-0.4, -0.2) is 29.1 Å². The van der Waals surface area contributed by atoms with E-state index < -0.39 is 5.97 Å². The van der Waals surface area contributed by atoms with Gasteiger partial charge in [-0.2, -0.15) is 0 Å². The minimum absolute atomic E-state index is 0.139. The third-order valence-corrected chi connectivity index (χ3v) is 5.68. The largest absolute Gasteiger partial charge is 0.481 e. The normalized spacial score (nSPS) is 16.0. The maximum atomic E-state index is 11.0. The molecule has 1 N–H and O–H groups in total. The molecular formula is C23H37NO2. The summed E-state index contributed by atoms with van der Waals surface area (Å²) in [5.74, 6) is -0.768. The number of carboxylic acids is 1. The number of benzene rings is 1. The van der Waals surface area contributed by atoms with Crippen LogP contribution < -0.4 is 0 Å². The molecule has 2 rings (SSSR count). The molecule has 1 heterocycles. The summed E-state index contributed by atoms with van der Waals surface area (Å²) in [5.41, 5.74) is 2.79. The van der Waals surface area contributed by atoms with E-state index in [-0.39, 0.29) is 5.92 Å². The first kappa shape index (κ1) is 21.0. The Morgan fingerprint density at radius 2 is 1.46 bits per heavy atom. The monoisotopic (exact) mass is 359 g/mol. The van der Waals surface area contributed by atoms with E-state index in [9.17, 15) is 4.79 Å². The van der Waals surface area contributed by atoms with Gasteiger partial charge in [-0.1, -0.05) is 76.1 Å². The zero-order valence-corrected chi connectivity index (χ0v) is 16.6. The molecule has 1 aliphatic heterocycles. The first-order chi connectivity index (χ1) is 12.7. The van der Waals surface area contributed by atoms with E-state index in [0.29, 0.717) is 0 Å². The molecule has 0 radical (unpaired) electrons. The zero-order valence-electron chi connectivity index (χ0n) is 16.6. The number of likely N-dealkylation sites (tertiary alicyclic amines) is 1. The van der Waals surface area contributed by atoms with E-state index in [0.717, 1.165) is 32.5 Å². The second-order valence-corrected chi connectivity index (χ2v) is 7.93. The molecule has 1 aliphatic rings. The molecule has 1 saturated heterocycles. The quantitative estimate of drug-likeness (QED) is 0.489. The second kappa shape index (κ2) is 12.1. The maximum absolute atomic E-state index is 11.0. The van der Waals surface area contributed by atoms with Crippen LogP contribution in [0.2, 0.25) is 0 Å². The van der Waals surface area contributed by atoms with Crippen molar-refractivity contribution in [3.63, 3.8) is 0 Å². The molecule has 0 aromatic heterocycles. The Hall–Kier alpha value is -1.35. The number of rotatable bonds is 12. The van der Waals surface area contributed by atoms with Gasteiger partial charge in [0.25, 0.3) is 0 Å². The van der Waals surface area contributed by atoms with Gasteiger partial charge in [-0.25, -0.2) is 0 Å². The first-order valence-electron chi connectivity index (χ1n) is 10.7. The van der Waals surface area contributed by atoms with Crippen LogP contribution in [0.25, 0.3) is 0 Å². The Kier molecular flexibility index (Phi) is 9.76. The average Bonchev–Trinajstić information content (AvgIpc) is 2.65. The number of unbranched alkanes of at least 4 members (excludes halogenated alkanes) is 7. The van der Waals surface area contributed by atoms with Gasteiger partial charge in [0.2, 0.25) is 0 Å². The van der Waals surface area contributed by atoms with Crippen molar-refractivity contribution in [2.75, 3.05) is 13.1 Å². The van der Waals surface area contributed by atoms with Crippen molar-refractivity contribution in [3.05, 3.63) is 35.4 Å². The van der Waals surface area contributed by atoms with Crippen molar-refractivity contribution < 1.29 is 9.90 Å². The highest BCUT2D eigenvalue weighted by atomic mass is 16.4. The molecule has 0 atom stereocenters. The number of carboxylic acid groups (broad SMARTS) is 1. The molecule has 0 bridgehead atoms. The van der Waals surface area contributed by atoms with Crippen LogP contribution in [0.1, 0.15) is 82.3 Å². The van der Waals surface area contributed by atoms with Crippen molar-refractivity contribution in [2.45, 2.75) is 84.1 Å². The van der Waals surface area contributed by atoms with Crippen LogP contribution in [0.3, 0.4) is 0 Å². The third-order valence-electron chi connectivity index (χ3n) is 5.68. The lowest BCUT2D eigenvalue weighted by molar-refractivity contribution is -0.143. The highest BCUT2D eigenvalue weighted by Gasteiger charge is 2.24. The molecule has 0 aliphatic carbocycles. The Balaban J connectivity index is 1.59. The predicted octanol–water partition coefficient (Wildman–Crippen LogP) is 5.67. The number of piperidine rings is 1. The van der Waals surface area contributed by atoms with Crippen LogP contribution in [0.5, 0.6) is 0 Å². The van der Waals surface area contributed by atoms with Crippen molar-refractivity contribution in [2.24, 2.45) is 5.92 Å². The van der Waals surface area contributed by atoms with Gasteiger partial charge in [0.05, 0.1) is 5.92 Å². The van der Waals surface area contributed by atoms with E-state index in [1.165, 1.54) is 68.9 Å². The van der Waals surface area contributed by atoms with Crippen molar-refractivity contribution in [3.8, 4) is 0 Å². The molecule has 0 spiro atoms. The van der Waals surface area contributed by atoms with Gasteiger partial charge in [0.15, 0.2) is 0 Å². The minimum Gasteiger partial charge on any atom is -0.481 e. The van der Waals surface area contributed by atoms with E-state index in [1.807, 2.05) is 0 Å². The van der Waals surface area contributed by atoms with E-state index in [2.05, 4.69) is 36.1 Å². The van der Waals surface area contributed by atoms with Gasteiger partial charge in [-0.05, 0) is 49.9 Å². The highest BCUT2D eigenvalue weighted by Crippen LogP contribution is 2.19. The van der Waals surface area contributed by atoms with Crippen LogP contribution in [0.4, 0.5) is 0 Å². The Morgan fingerprint density at radius 3 is 2.04 bits per heavy atom. The molecule has 0 unspecified atom stereocenters. The van der Waals surface area contributed by atoms with Gasteiger partial charge in [-0.15, -0.1) is 0 Å². The smallest absolute Gasteiger partial charge is 0.306 e. The molecule has 1 aromatic rings. The molecule has 26 heavy (non-hydrogen) atoms. The second-order valence-electron chi connectivity index (χ2n) is 7.93. The Bertz CT molecular complexity index is 503. The summed E-state index contributed by atoms with van der Waals surface area (Å²) in [7, 11) is 0. The van der Waals surface area contributed by atoms with Crippen LogP contribution >= 0.6 is 0 Å². The fraction of sp³-hybridized carbons (Fsp3) is 0.696. The Labute approximate surface area is 159 Å². The lowest BCUT2D eigenvalue weighted by Gasteiger charge is -2.30. The predicted molar refractivity (Wildman–Crippen MR) is 108 cm³/mol. The summed E-state index contributed by atoms with van der Waals surface area (Å²) in [6, 6.07) is 9.06. The lowest BCUT2D eigenvalue weighted by Crippen LogP contribution is -2.35. The van der Waals surface area contributed by atoms with Crippen LogP contribution in [0.15, 0.2) is 24.3 Å². The third kappa shape index (κ3) is 7.90. The summed E-state index contributed by atoms with van der Waals surface area (Å²) < 4.78 is 0. The van der Waals surface area contributed by atoms with Gasteiger partial charge in [0, 0.05) is 6.54 Å². The van der Waals surface area contributed by atoms with Gasteiger partial charge < -0.3 is 5.11 Å². The molecule has 1 aromatic carbocycles. The van der Waals surface area contributed by atoms with Crippen LogP contribution in [0, 0.1) is 5.92 Å². The lowest BCUT2D eigenvalue weighted by atomic mass is 9.96. The fourth-order valence-corrected chi connectivity index (χ4v) is 3.87. The standard InChI is InChI=1S/C23H37NO2/c1-2-3-4-5-6-7-8-9-10-20-11-13-21(14-12-20)19-24-17-15-22(16-18-24)23(25)26/h11-14,22H,2-10,15-19H2,1H3,(H,25,26). The molecule has 0 amide bonds. The topological polar surface area (TPSA) is 40.5 Å². The molecule has 0 saturated carbocycles. The number of aliphatic carboxylic acids is 1. The number of nitrogens with zero attached hydrogens (tertiary/aromatic N) is 1. The van der Waals surface area contributed by atoms with Gasteiger partial charge in [-0.3, -0.25) is 9.69 Å². The summed E-state index contributed by atoms with van der Waals surface area (Å²) in [6.45, 7) is 5.02. The summed E-state index contributed by atoms with van der Waals surface area (Å²) >= 11 is 0. The fourth-order valence-electron chi connectivity index (χ4n) is 3.87. The summed E-state index contributed by atoms with van der Waals surface area (Å²) in [6.07, 6.45) is 13.7. The average molecular weight is 360 g/mol. The summed E-state index contributed by atoms with van der Waals surface area (Å²) in [4.78, 5) is 13.4. The molecular weight excluding hydrogens is 322 g/mol. The van der Waals surface area contributed by atoms with Crippen molar-refractivity contribution >= 4 is 5.97 Å². The zero-order chi connectivity index (χ0) is 18.6. The molecule has 3 nitrogen and oxygen atoms in total. The summed E-state index contributed by atoms with van der Waals surface area (Å²) in [5, 5.41) is 9.08. The maximum Gasteiger partial charge on any atom is 0.306 e. The van der Waals surface area contributed by atoms with Gasteiger partial charge >= 0.3 is 5.97 Å². The SMILES string of the molecule is CCCCCCCCCCc1ccc(CN2CCC(C(=O)O)CC2)cc1. The van der Waals surface area contributed by atoms with Crippen molar-refractivity contribution in [1.29, 1.82) is 0 Å². The van der Waals surface area contributed by atoms with E-state index in [1.54, 1.807) is 0 Å². The molecule has 146 valence electrons. The Morgan fingerprint density at radius 1 is 0.923 bits per heavy atom. The van der Waals surface area contributed by atoms with E-state index in [4.69, 9.17) is 5.11 Å². The van der Waals surface area contributed by atoms with E-state index >= 15 is 0 Å². The molecule has 3 heteroatoms. The highest BCUT2D eigenvalue weighted by molar-refractivity contribution is 5.70. The number of hydrogen-bond donors (Lipinski definition) is 1. The molecule has 1 fully saturated rings.